The Morgan fingerprint density at radius 1 is 1.64 bits per heavy atom. The third-order valence-corrected chi connectivity index (χ3v) is 1.42. The molecule has 0 aliphatic carbocycles. The Morgan fingerprint density at radius 3 is 2.73 bits per heavy atom. The van der Waals surface area contributed by atoms with Gasteiger partial charge in [-0.3, -0.25) is 4.79 Å². The van der Waals surface area contributed by atoms with Crippen molar-refractivity contribution < 1.29 is 4.79 Å². The zero-order valence-corrected chi connectivity index (χ0v) is 7.21. The van der Waals surface area contributed by atoms with Gasteiger partial charge in [0.15, 0.2) is 0 Å². The Bertz CT molecular complexity index is 161. The molecule has 0 aromatic heterocycles. The van der Waals surface area contributed by atoms with Crippen LogP contribution in [0.5, 0.6) is 0 Å². The molecule has 0 atom stereocenters. The van der Waals surface area contributed by atoms with Crippen LogP contribution in [0.3, 0.4) is 0 Å². The molecule has 0 bridgehead atoms. The monoisotopic (exact) mass is 153 g/mol. The van der Waals surface area contributed by atoms with Gasteiger partial charge >= 0.3 is 0 Å². The maximum atomic E-state index is 9.94. The van der Waals surface area contributed by atoms with E-state index in [2.05, 4.69) is 13.5 Å². The average molecular weight is 153 g/mol. The van der Waals surface area contributed by atoms with Crippen molar-refractivity contribution >= 4 is 6.29 Å². The van der Waals surface area contributed by atoms with Crippen LogP contribution >= 0.6 is 0 Å². The van der Waals surface area contributed by atoms with Crippen molar-refractivity contribution in [3.05, 3.63) is 24.4 Å². The molecule has 0 aliphatic rings. The normalized spacial score (nSPS) is 10.0. The van der Waals surface area contributed by atoms with E-state index in [9.17, 15) is 4.79 Å². The lowest BCUT2D eigenvalue weighted by molar-refractivity contribution is -0.104. The van der Waals surface area contributed by atoms with Crippen molar-refractivity contribution in [1.29, 1.82) is 0 Å². The second kappa shape index (κ2) is 5.71. The maximum Gasteiger partial charge on any atom is 0.142 e. The zero-order valence-electron chi connectivity index (χ0n) is 7.21. The van der Waals surface area contributed by atoms with Gasteiger partial charge in [0.2, 0.25) is 0 Å². The number of aldehydes is 1. The predicted octanol–water partition coefficient (Wildman–Crippen LogP) is 1.60. The molecule has 0 aliphatic heterocycles. The first-order valence-corrected chi connectivity index (χ1v) is 3.74. The van der Waals surface area contributed by atoms with Crippen LogP contribution in [0.4, 0.5) is 0 Å². The van der Waals surface area contributed by atoms with Gasteiger partial charge in [-0.1, -0.05) is 13.5 Å². The molecule has 11 heavy (non-hydrogen) atoms. The van der Waals surface area contributed by atoms with E-state index in [1.807, 2.05) is 11.9 Å². The lowest BCUT2D eigenvalue weighted by atomic mass is 10.3. The van der Waals surface area contributed by atoms with Crippen LogP contribution in [-0.4, -0.2) is 24.8 Å². The van der Waals surface area contributed by atoms with E-state index < -0.39 is 0 Å². The van der Waals surface area contributed by atoms with E-state index in [1.165, 1.54) is 6.08 Å². The summed E-state index contributed by atoms with van der Waals surface area (Å²) in [5, 5.41) is 0. The quantitative estimate of drug-likeness (QED) is 0.339. The van der Waals surface area contributed by atoms with Crippen LogP contribution in [0.2, 0.25) is 0 Å². The Morgan fingerprint density at radius 2 is 2.27 bits per heavy atom. The average Bonchev–Trinajstić information content (AvgIpc) is 2.00. The summed E-state index contributed by atoms with van der Waals surface area (Å²) < 4.78 is 0. The molecule has 0 unspecified atom stereocenters. The summed E-state index contributed by atoms with van der Waals surface area (Å²) in [7, 11) is 1.96. The minimum Gasteiger partial charge on any atom is -0.375 e. The van der Waals surface area contributed by atoms with Crippen molar-refractivity contribution in [2.24, 2.45) is 0 Å². The summed E-state index contributed by atoms with van der Waals surface area (Å²) in [6.45, 7) is 6.87. The van der Waals surface area contributed by atoms with Gasteiger partial charge in [-0.15, -0.1) is 0 Å². The van der Waals surface area contributed by atoms with Gasteiger partial charge in [0.05, 0.1) is 0 Å². The predicted molar refractivity (Wildman–Crippen MR) is 47.3 cm³/mol. The van der Waals surface area contributed by atoms with Crippen LogP contribution in [0.1, 0.15) is 13.3 Å². The second-order valence-corrected chi connectivity index (χ2v) is 2.41. The SMILES string of the molecule is C=C(/C=C\C=O)N(C)CCC. The molecule has 0 rings (SSSR count). The standard InChI is InChI=1S/C9H15NO/c1-4-7-10(3)9(2)6-5-8-11/h5-6,8H,2,4,7H2,1,3H3/b6-5-. The van der Waals surface area contributed by atoms with E-state index in [0.29, 0.717) is 0 Å². The molecule has 62 valence electrons. The molecular formula is C9H15NO. The number of carbonyl (C=O) groups is 1. The third kappa shape index (κ3) is 4.37. The Balaban J connectivity index is 3.81. The van der Waals surface area contributed by atoms with Crippen LogP contribution in [0.25, 0.3) is 0 Å². The van der Waals surface area contributed by atoms with E-state index in [-0.39, 0.29) is 0 Å². The molecule has 2 heteroatoms. The number of carbonyl (C=O) groups excluding carboxylic acids is 1. The number of hydrogen-bond acceptors (Lipinski definition) is 2. The topological polar surface area (TPSA) is 20.3 Å². The highest BCUT2D eigenvalue weighted by molar-refractivity contribution is 5.65. The number of hydrogen-bond donors (Lipinski definition) is 0. The summed E-state index contributed by atoms with van der Waals surface area (Å²) in [5.74, 6) is 0. The zero-order chi connectivity index (χ0) is 8.69. The molecule has 0 saturated carbocycles. The molecule has 0 heterocycles. The van der Waals surface area contributed by atoms with Crippen molar-refractivity contribution in [1.82, 2.24) is 4.90 Å². The van der Waals surface area contributed by atoms with Crippen molar-refractivity contribution in [3.63, 3.8) is 0 Å². The largest absolute Gasteiger partial charge is 0.375 e. The summed E-state index contributed by atoms with van der Waals surface area (Å²) in [6.07, 6.45) is 5.01. The minimum absolute atomic E-state index is 0.755. The number of allylic oxidation sites excluding steroid dienone is 2. The first-order chi connectivity index (χ1) is 5.22. The van der Waals surface area contributed by atoms with Crippen LogP contribution in [0.15, 0.2) is 24.4 Å². The van der Waals surface area contributed by atoms with Gasteiger partial charge in [-0.25, -0.2) is 0 Å². The number of nitrogens with zero attached hydrogens (tertiary/aromatic N) is 1. The van der Waals surface area contributed by atoms with Crippen LogP contribution in [0, 0.1) is 0 Å². The Labute approximate surface area is 68.2 Å². The Hall–Kier alpha value is -1.05. The lowest BCUT2D eigenvalue weighted by Gasteiger charge is -2.17. The highest BCUT2D eigenvalue weighted by Gasteiger charge is 1.94. The highest BCUT2D eigenvalue weighted by atomic mass is 16.1. The first kappa shape index (κ1) is 9.95. The van der Waals surface area contributed by atoms with E-state index >= 15 is 0 Å². The van der Waals surface area contributed by atoms with Gasteiger partial charge < -0.3 is 4.90 Å². The van der Waals surface area contributed by atoms with Crippen LogP contribution < -0.4 is 0 Å². The van der Waals surface area contributed by atoms with Gasteiger partial charge in [-0.2, -0.15) is 0 Å². The van der Waals surface area contributed by atoms with Gasteiger partial charge in [0, 0.05) is 19.3 Å². The summed E-state index contributed by atoms with van der Waals surface area (Å²) in [6, 6.07) is 0. The molecule has 0 aromatic rings. The molecule has 0 fully saturated rings. The number of rotatable bonds is 5. The number of likely N-dealkylation sites (N-methyl/N-ethyl adjacent to an activating group) is 1. The summed E-state index contributed by atoms with van der Waals surface area (Å²) in [4.78, 5) is 12.0. The molecule has 0 aromatic carbocycles. The van der Waals surface area contributed by atoms with E-state index in [1.54, 1.807) is 6.08 Å². The third-order valence-electron chi connectivity index (χ3n) is 1.42. The molecule has 0 saturated heterocycles. The van der Waals surface area contributed by atoms with E-state index in [4.69, 9.17) is 0 Å². The molecular weight excluding hydrogens is 138 g/mol. The lowest BCUT2D eigenvalue weighted by Crippen LogP contribution is -2.16. The van der Waals surface area contributed by atoms with E-state index in [0.717, 1.165) is 24.9 Å². The fourth-order valence-electron chi connectivity index (χ4n) is 0.757. The van der Waals surface area contributed by atoms with Crippen molar-refractivity contribution in [2.45, 2.75) is 13.3 Å². The maximum absolute atomic E-state index is 9.94. The smallest absolute Gasteiger partial charge is 0.142 e. The molecule has 0 amide bonds. The highest BCUT2D eigenvalue weighted by Crippen LogP contribution is 1.99. The first-order valence-electron chi connectivity index (χ1n) is 3.74. The van der Waals surface area contributed by atoms with Gasteiger partial charge in [0.25, 0.3) is 0 Å². The second-order valence-electron chi connectivity index (χ2n) is 2.41. The summed E-state index contributed by atoms with van der Waals surface area (Å²) in [5.41, 5.74) is 0.874. The summed E-state index contributed by atoms with van der Waals surface area (Å²) >= 11 is 0. The molecule has 2 nitrogen and oxygen atoms in total. The van der Waals surface area contributed by atoms with Gasteiger partial charge in [-0.05, 0) is 18.6 Å². The molecule has 0 spiro atoms. The van der Waals surface area contributed by atoms with Crippen LogP contribution in [-0.2, 0) is 4.79 Å². The van der Waals surface area contributed by atoms with Crippen molar-refractivity contribution in [3.8, 4) is 0 Å². The molecule has 0 N–H and O–H groups in total. The van der Waals surface area contributed by atoms with Gasteiger partial charge in [0.1, 0.15) is 6.29 Å². The fourth-order valence-corrected chi connectivity index (χ4v) is 0.757. The Kier molecular flexibility index (Phi) is 5.17. The molecule has 0 radical (unpaired) electrons. The fraction of sp³-hybridized carbons (Fsp3) is 0.444. The minimum atomic E-state index is 0.755. The van der Waals surface area contributed by atoms with Crippen molar-refractivity contribution in [2.75, 3.05) is 13.6 Å².